The molecule has 0 saturated heterocycles. The number of carbonyl (C=O) groups excluding carboxylic acids is 1. The molecule has 3 rings (SSSR count). The average Bonchev–Trinajstić information content (AvgIpc) is 3.02. The van der Waals surface area contributed by atoms with E-state index >= 15 is 0 Å². The van der Waals surface area contributed by atoms with Gasteiger partial charge in [-0.25, -0.2) is 0 Å². The van der Waals surface area contributed by atoms with E-state index in [9.17, 15) is 4.79 Å². The molecule has 0 aliphatic heterocycles. The third-order valence-electron chi connectivity index (χ3n) is 4.16. The first-order valence-corrected chi connectivity index (χ1v) is 9.40. The molecule has 134 valence electrons. The van der Waals surface area contributed by atoms with Crippen LogP contribution in [0.1, 0.15) is 11.1 Å². The normalized spacial score (nSPS) is 10.7. The van der Waals surface area contributed by atoms with E-state index in [-0.39, 0.29) is 5.91 Å². The summed E-state index contributed by atoms with van der Waals surface area (Å²) in [6.07, 6.45) is 0. The number of aromatic nitrogens is 3. The van der Waals surface area contributed by atoms with Gasteiger partial charge in [0.15, 0.2) is 11.0 Å². The lowest BCUT2D eigenvalue weighted by Gasteiger charge is -2.16. The highest BCUT2D eigenvalue weighted by atomic mass is 32.2. The molecule has 0 atom stereocenters. The number of nitrogens with zero attached hydrogens (tertiary/aromatic N) is 4. The number of aryl methyl sites for hydroxylation is 1. The topological polar surface area (TPSA) is 51.0 Å². The highest BCUT2D eigenvalue weighted by Gasteiger charge is 2.15. The molecule has 1 heterocycles. The van der Waals surface area contributed by atoms with Crippen molar-refractivity contribution in [2.24, 2.45) is 7.05 Å². The van der Waals surface area contributed by atoms with E-state index in [0.29, 0.717) is 12.3 Å². The van der Waals surface area contributed by atoms with E-state index in [1.54, 1.807) is 4.90 Å². The van der Waals surface area contributed by atoms with Gasteiger partial charge in [0.2, 0.25) is 5.91 Å². The van der Waals surface area contributed by atoms with E-state index in [2.05, 4.69) is 29.3 Å². The van der Waals surface area contributed by atoms with Gasteiger partial charge >= 0.3 is 0 Å². The van der Waals surface area contributed by atoms with Crippen LogP contribution in [-0.4, -0.2) is 38.4 Å². The van der Waals surface area contributed by atoms with Gasteiger partial charge in [-0.2, -0.15) is 0 Å². The summed E-state index contributed by atoms with van der Waals surface area (Å²) >= 11 is 1.41. The molecule has 0 unspecified atom stereocenters. The second-order valence-electron chi connectivity index (χ2n) is 6.26. The summed E-state index contributed by atoms with van der Waals surface area (Å²) in [6, 6.07) is 18.2. The van der Waals surface area contributed by atoms with Crippen molar-refractivity contribution in [3.05, 3.63) is 65.7 Å². The molecule has 3 aromatic rings. The molecule has 1 aromatic heterocycles. The van der Waals surface area contributed by atoms with Gasteiger partial charge in [0.1, 0.15) is 0 Å². The molecule has 0 aliphatic rings. The SMILES string of the molecule is Cc1ccc(-c2nnc(SCC(=O)N(C)Cc3ccccc3)n2C)cc1. The van der Waals surface area contributed by atoms with Crippen LogP contribution < -0.4 is 0 Å². The van der Waals surface area contributed by atoms with E-state index in [0.717, 1.165) is 22.1 Å². The van der Waals surface area contributed by atoms with Crippen molar-refractivity contribution in [1.29, 1.82) is 0 Å². The Morgan fingerprint density at radius 1 is 1.08 bits per heavy atom. The van der Waals surface area contributed by atoms with Gasteiger partial charge in [-0.1, -0.05) is 71.9 Å². The van der Waals surface area contributed by atoms with Crippen molar-refractivity contribution < 1.29 is 4.79 Å². The second kappa shape index (κ2) is 8.19. The minimum Gasteiger partial charge on any atom is -0.341 e. The Bertz CT molecular complexity index is 875. The van der Waals surface area contributed by atoms with Crippen molar-refractivity contribution >= 4 is 17.7 Å². The lowest BCUT2D eigenvalue weighted by atomic mass is 10.1. The number of benzene rings is 2. The molecular weight excluding hydrogens is 344 g/mol. The molecular formula is C20H22N4OS. The lowest BCUT2D eigenvalue weighted by molar-refractivity contribution is -0.127. The summed E-state index contributed by atoms with van der Waals surface area (Å²) in [4.78, 5) is 14.1. The van der Waals surface area contributed by atoms with Crippen LogP contribution in [0, 0.1) is 6.92 Å². The molecule has 2 aromatic carbocycles. The molecule has 0 saturated carbocycles. The van der Waals surface area contributed by atoms with Crippen LogP contribution >= 0.6 is 11.8 Å². The number of amides is 1. The van der Waals surface area contributed by atoms with Gasteiger partial charge in [-0.3, -0.25) is 4.79 Å². The molecule has 5 nitrogen and oxygen atoms in total. The second-order valence-corrected chi connectivity index (χ2v) is 7.20. The maximum absolute atomic E-state index is 12.4. The van der Waals surface area contributed by atoms with Crippen molar-refractivity contribution in [1.82, 2.24) is 19.7 Å². The van der Waals surface area contributed by atoms with E-state index < -0.39 is 0 Å². The van der Waals surface area contributed by atoms with Crippen molar-refractivity contribution in [3.8, 4) is 11.4 Å². The van der Waals surface area contributed by atoms with Crippen molar-refractivity contribution in [3.63, 3.8) is 0 Å². The first-order valence-electron chi connectivity index (χ1n) is 8.41. The first kappa shape index (κ1) is 18.2. The zero-order valence-corrected chi connectivity index (χ0v) is 16.0. The summed E-state index contributed by atoms with van der Waals surface area (Å²) in [7, 11) is 3.75. The Balaban J connectivity index is 1.61. The van der Waals surface area contributed by atoms with Gasteiger partial charge in [-0.15, -0.1) is 10.2 Å². The molecule has 1 amide bonds. The lowest BCUT2D eigenvalue weighted by Crippen LogP contribution is -2.27. The van der Waals surface area contributed by atoms with Gasteiger partial charge < -0.3 is 9.47 Å². The van der Waals surface area contributed by atoms with Crippen LogP contribution in [0.15, 0.2) is 59.8 Å². The van der Waals surface area contributed by atoms with Crippen LogP contribution in [0.5, 0.6) is 0 Å². The fourth-order valence-electron chi connectivity index (χ4n) is 2.58. The molecule has 0 radical (unpaired) electrons. The highest BCUT2D eigenvalue weighted by molar-refractivity contribution is 7.99. The minimum absolute atomic E-state index is 0.0683. The van der Waals surface area contributed by atoms with Crippen LogP contribution in [0.2, 0.25) is 0 Å². The number of rotatable bonds is 6. The Morgan fingerprint density at radius 3 is 2.46 bits per heavy atom. The zero-order chi connectivity index (χ0) is 18.5. The van der Waals surface area contributed by atoms with Gasteiger partial charge in [0.25, 0.3) is 0 Å². The zero-order valence-electron chi connectivity index (χ0n) is 15.2. The first-order chi connectivity index (χ1) is 12.5. The molecule has 6 heteroatoms. The molecule has 0 N–H and O–H groups in total. The fraction of sp³-hybridized carbons (Fsp3) is 0.250. The summed E-state index contributed by atoms with van der Waals surface area (Å²) in [5.41, 5.74) is 3.34. The van der Waals surface area contributed by atoms with Crippen LogP contribution in [0.4, 0.5) is 0 Å². The van der Waals surface area contributed by atoms with E-state index in [1.165, 1.54) is 17.3 Å². The predicted octanol–water partition coefficient (Wildman–Crippen LogP) is 3.54. The van der Waals surface area contributed by atoms with E-state index in [1.807, 2.05) is 61.1 Å². The average molecular weight is 366 g/mol. The third-order valence-corrected chi connectivity index (χ3v) is 5.16. The smallest absolute Gasteiger partial charge is 0.233 e. The Morgan fingerprint density at radius 2 is 1.77 bits per heavy atom. The molecule has 26 heavy (non-hydrogen) atoms. The number of carbonyl (C=O) groups is 1. The Kier molecular flexibility index (Phi) is 5.73. The predicted molar refractivity (Wildman–Crippen MR) is 105 cm³/mol. The van der Waals surface area contributed by atoms with Gasteiger partial charge in [-0.05, 0) is 12.5 Å². The van der Waals surface area contributed by atoms with E-state index in [4.69, 9.17) is 0 Å². The number of thioether (sulfide) groups is 1. The number of hydrogen-bond donors (Lipinski definition) is 0. The maximum Gasteiger partial charge on any atom is 0.233 e. The summed E-state index contributed by atoms with van der Waals surface area (Å²) < 4.78 is 1.93. The summed E-state index contributed by atoms with van der Waals surface area (Å²) in [6.45, 7) is 2.66. The molecule has 0 spiro atoms. The molecule has 0 bridgehead atoms. The fourth-order valence-corrected chi connectivity index (χ4v) is 3.43. The molecule has 0 fully saturated rings. The third kappa shape index (κ3) is 4.32. The summed E-state index contributed by atoms with van der Waals surface area (Å²) in [5, 5.41) is 9.25. The quantitative estimate of drug-likeness (QED) is 0.626. The van der Waals surface area contributed by atoms with Crippen molar-refractivity contribution in [2.45, 2.75) is 18.6 Å². The number of hydrogen-bond acceptors (Lipinski definition) is 4. The highest BCUT2D eigenvalue weighted by Crippen LogP contribution is 2.23. The Hall–Kier alpha value is -2.60. The largest absolute Gasteiger partial charge is 0.341 e. The van der Waals surface area contributed by atoms with Gasteiger partial charge in [0.05, 0.1) is 5.75 Å². The Labute approximate surface area is 158 Å². The van der Waals surface area contributed by atoms with Crippen LogP contribution in [0.25, 0.3) is 11.4 Å². The van der Waals surface area contributed by atoms with Crippen LogP contribution in [0.3, 0.4) is 0 Å². The summed E-state index contributed by atoms with van der Waals surface area (Å²) in [5.74, 6) is 1.21. The van der Waals surface area contributed by atoms with Gasteiger partial charge in [0, 0.05) is 26.2 Å². The van der Waals surface area contributed by atoms with Crippen molar-refractivity contribution in [2.75, 3.05) is 12.8 Å². The molecule has 0 aliphatic carbocycles. The maximum atomic E-state index is 12.4. The van der Waals surface area contributed by atoms with Crippen LogP contribution in [-0.2, 0) is 18.4 Å². The standard InChI is InChI=1S/C20H22N4OS/c1-15-9-11-17(12-10-15)19-21-22-20(24(19)3)26-14-18(25)23(2)13-16-7-5-4-6-8-16/h4-12H,13-14H2,1-3H3. The minimum atomic E-state index is 0.0683. The monoisotopic (exact) mass is 366 g/mol.